The van der Waals surface area contributed by atoms with Gasteiger partial charge in [-0.05, 0) is 35.9 Å². The van der Waals surface area contributed by atoms with Gasteiger partial charge in [-0.15, -0.1) is 11.3 Å². The average Bonchev–Trinajstić information content (AvgIpc) is 2.71. The minimum Gasteiger partial charge on any atom is -0.478 e. The predicted octanol–water partition coefficient (Wildman–Crippen LogP) is 2.60. The van der Waals surface area contributed by atoms with E-state index in [-0.39, 0.29) is 11.8 Å². The van der Waals surface area contributed by atoms with Crippen LogP contribution in [0.4, 0.5) is 0 Å². The Hall–Kier alpha value is -1.62. The molecule has 1 amide bonds. The maximum absolute atomic E-state index is 12.0. The number of thiophene rings is 1. The third-order valence-electron chi connectivity index (χ3n) is 3.32. The monoisotopic (exact) mass is 279 g/mol. The zero-order valence-corrected chi connectivity index (χ0v) is 11.7. The first kappa shape index (κ1) is 13.8. The van der Waals surface area contributed by atoms with Crippen LogP contribution in [0.2, 0.25) is 0 Å². The van der Waals surface area contributed by atoms with Crippen LogP contribution in [0.1, 0.15) is 29.7 Å². The van der Waals surface area contributed by atoms with Gasteiger partial charge in [-0.2, -0.15) is 0 Å². The molecule has 0 bridgehead atoms. The van der Waals surface area contributed by atoms with Crippen molar-refractivity contribution in [3.8, 4) is 0 Å². The maximum atomic E-state index is 12.0. The van der Waals surface area contributed by atoms with Crippen LogP contribution in [0, 0.1) is 5.92 Å². The molecule has 2 rings (SSSR count). The van der Waals surface area contributed by atoms with Crippen LogP contribution in [-0.2, 0) is 16.1 Å². The minimum atomic E-state index is -0.954. The molecule has 1 aromatic heterocycles. The van der Waals surface area contributed by atoms with Crippen LogP contribution in [0.25, 0.3) is 6.08 Å². The Bertz CT molecular complexity index is 503. The van der Waals surface area contributed by atoms with Crippen molar-refractivity contribution in [2.75, 3.05) is 7.05 Å². The lowest BCUT2D eigenvalue weighted by atomic mass is 9.84. The summed E-state index contributed by atoms with van der Waals surface area (Å²) in [7, 11) is 1.83. The van der Waals surface area contributed by atoms with E-state index in [1.54, 1.807) is 22.3 Å². The molecule has 1 aromatic rings. The number of hydrogen-bond donors (Lipinski definition) is 1. The molecule has 0 spiro atoms. The van der Waals surface area contributed by atoms with Crippen molar-refractivity contribution in [3.05, 3.63) is 28.0 Å². The maximum Gasteiger partial charge on any atom is 0.328 e. The van der Waals surface area contributed by atoms with Gasteiger partial charge in [0.1, 0.15) is 0 Å². The summed E-state index contributed by atoms with van der Waals surface area (Å²) in [5.41, 5.74) is 0.867. The fourth-order valence-electron chi connectivity index (χ4n) is 2.01. The van der Waals surface area contributed by atoms with Gasteiger partial charge in [-0.25, -0.2) is 4.79 Å². The number of amides is 1. The molecular formula is C14H17NO3S. The van der Waals surface area contributed by atoms with Gasteiger partial charge < -0.3 is 10.0 Å². The zero-order valence-electron chi connectivity index (χ0n) is 10.8. The molecule has 1 heterocycles. The smallest absolute Gasteiger partial charge is 0.328 e. The predicted molar refractivity (Wildman–Crippen MR) is 74.8 cm³/mol. The Kier molecular flexibility index (Phi) is 4.37. The average molecular weight is 279 g/mol. The largest absolute Gasteiger partial charge is 0.478 e. The Balaban J connectivity index is 1.91. The molecule has 0 radical (unpaired) electrons. The number of aliphatic carboxylic acids is 1. The van der Waals surface area contributed by atoms with Crippen molar-refractivity contribution in [1.29, 1.82) is 0 Å². The molecule has 0 atom stereocenters. The van der Waals surface area contributed by atoms with Crippen LogP contribution in [-0.4, -0.2) is 28.9 Å². The SMILES string of the molecule is CN(Cc1cc(C=CC(=O)O)cs1)C(=O)C1CCC1. The molecule has 1 aliphatic rings. The number of carbonyl (C=O) groups is 2. The van der Waals surface area contributed by atoms with E-state index in [1.165, 1.54) is 0 Å². The van der Waals surface area contributed by atoms with Crippen LogP contribution in [0.3, 0.4) is 0 Å². The van der Waals surface area contributed by atoms with E-state index in [0.29, 0.717) is 6.54 Å². The molecule has 0 aromatic carbocycles. The number of hydrogen-bond acceptors (Lipinski definition) is 3. The van der Waals surface area contributed by atoms with E-state index in [1.807, 2.05) is 18.5 Å². The Morgan fingerprint density at radius 3 is 2.84 bits per heavy atom. The van der Waals surface area contributed by atoms with Gasteiger partial charge >= 0.3 is 5.97 Å². The van der Waals surface area contributed by atoms with Gasteiger partial charge in [0.05, 0.1) is 6.54 Å². The minimum absolute atomic E-state index is 0.219. The van der Waals surface area contributed by atoms with Crippen LogP contribution >= 0.6 is 11.3 Å². The molecule has 5 heteroatoms. The standard InChI is InChI=1S/C14H17NO3S/c1-15(14(18)11-3-2-4-11)8-12-7-10(9-19-12)5-6-13(16)17/h5-7,9,11H,2-4,8H2,1H3,(H,16,17). The molecule has 1 fully saturated rings. The summed E-state index contributed by atoms with van der Waals surface area (Å²) in [6.07, 6.45) is 5.87. The molecule has 1 N–H and O–H groups in total. The summed E-state index contributed by atoms with van der Waals surface area (Å²) in [6.45, 7) is 0.598. The third kappa shape index (κ3) is 3.67. The van der Waals surface area contributed by atoms with Gasteiger partial charge in [0.25, 0.3) is 0 Å². The quantitative estimate of drug-likeness (QED) is 0.843. The summed E-state index contributed by atoms with van der Waals surface area (Å²) >= 11 is 1.55. The lowest BCUT2D eigenvalue weighted by Crippen LogP contribution is -2.35. The highest BCUT2D eigenvalue weighted by atomic mass is 32.1. The van der Waals surface area contributed by atoms with Crippen molar-refractivity contribution in [2.24, 2.45) is 5.92 Å². The second-order valence-electron chi connectivity index (χ2n) is 4.84. The second-order valence-corrected chi connectivity index (χ2v) is 5.84. The number of nitrogens with zero attached hydrogens (tertiary/aromatic N) is 1. The van der Waals surface area contributed by atoms with Gasteiger partial charge in [-0.3, -0.25) is 4.79 Å². The molecule has 4 nitrogen and oxygen atoms in total. The fraction of sp³-hybridized carbons (Fsp3) is 0.429. The normalized spacial score (nSPS) is 15.4. The Morgan fingerprint density at radius 1 is 1.53 bits per heavy atom. The number of carbonyl (C=O) groups excluding carboxylic acids is 1. The molecule has 19 heavy (non-hydrogen) atoms. The Labute approximate surface area is 116 Å². The van der Waals surface area contributed by atoms with E-state index in [2.05, 4.69) is 0 Å². The second kappa shape index (κ2) is 6.02. The van der Waals surface area contributed by atoms with E-state index in [4.69, 9.17) is 5.11 Å². The highest BCUT2D eigenvalue weighted by molar-refractivity contribution is 7.10. The van der Waals surface area contributed by atoms with Crippen molar-refractivity contribution in [3.63, 3.8) is 0 Å². The third-order valence-corrected chi connectivity index (χ3v) is 4.26. The van der Waals surface area contributed by atoms with E-state index in [9.17, 15) is 9.59 Å². The number of carboxylic acid groups (broad SMARTS) is 1. The van der Waals surface area contributed by atoms with Crippen molar-refractivity contribution in [1.82, 2.24) is 4.90 Å². The summed E-state index contributed by atoms with van der Waals surface area (Å²) < 4.78 is 0. The molecule has 0 aliphatic heterocycles. The molecule has 0 unspecified atom stereocenters. The summed E-state index contributed by atoms with van der Waals surface area (Å²) in [5, 5.41) is 10.5. The molecule has 0 saturated heterocycles. The van der Waals surface area contributed by atoms with Crippen molar-refractivity contribution in [2.45, 2.75) is 25.8 Å². The summed E-state index contributed by atoms with van der Waals surface area (Å²) in [4.78, 5) is 25.2. The zero-order chi connectivity index (χ0) is 13.8. The van der Waals surface area contributed by atoms with Gasteiger partial charge in [0.2, 0.25) is 5.91 Å². The van der Waals surface area contributed by atoms with Crippen molar-refractivity contribution >= 4 is 29.3 Å². The highest BCUT2D eigenvalue weighted by Gasteiger charge is 2.27. The first-order valence-electron chi connectivity index (χ1n) is 6.29. The van der Waals surface area contributed by atoms with Crippen molar-refractivity contribution < 1.29 is 14.7 Å². The number of rotatable bonds is 5. The topological polar surface area (TPSA) is 57.6 Å². The highest BCUT2D eigenvalue weighted by Crippen LogP contribution is 2.28. The first-order valence-corrected chi connectivity index (χ1v) is 7.17. The molecule has 1 aliphatic carbocycles. The summed E-state index contributed by atoms with van der Waals surface area (Å²) in [5.74, 6) is -0.511. The van der Waals surface area contributed by atoms with Gasteiger partial charge in [-0.1, -0.05) is 6.42 Å². The van der Waals surface area contributed by atoms with E-state index < -0.39 is 5.97 Å². The molecule has 1 saturated carbocycles. The lowest BCUT2D eigenvalue weighted by molar-refractivity contribution is -0.137. The molecular weight excluding hydrogens is 262 g/mol. The fourth-order valence-corrected chi connectivity index (χ4v) is 2.92. The van der Waals surface area contributed by atoms with Crippen LogP contribution in [0.5, 0.6) is 0 Å². The first-order chi connectivity index (χ1) is 9.06. The van der Waals surface area contributed by atoms with Gasteiger partial charge in [0, 0.05) is 23.9 Å². The lowest BCUT2D eigenvalue weighted by Gasteiger charge is -2.28. The Morgan fingerprint density at radius 2 is 2.26 bits per heavy atom. The number of carboxylic acids is 1. The van der Waals surface area contributed by atoms with Gasteiger partial charge in [0.15, 0.2) is 0 Å². The van der Waals surface area contributed by atoms with E-state index in [0.717, 1.165) is 35.8 Å². The van der Waals surface area contributed by atoms with E-state index >= 15 is 0 Å². The van der Waals surface area contributed by atoms with Crippen LogP contribution < -0.4 is 0 Å². The summed E-state index contributed by atoms with van der Waals surface area (Å²) in [6, 6.07) is 1.93. The molecule has 102 valence electrons. The van der Waals surface area contributed by atoms with Crippen LogP contribution in [0.15, 0.2) is 17.5 Å².